The highest BCUT2D eigenvalue weighted by molar-refractivity contribution is 7.10. The minimum absolute atomic E-state index is 1.07. The van der Waals surface area contributed by atoms with Gasteiger partial charge in [-0.2, -0.15) is 0 Å². The number of thiophene rings is 1. The zero-order valence-corrected chi connectivity index (χ0v) is 9.18. The van der Waals surface area contributed by atoms with Crippen LogP contribution in [0.2, 0.25) is 0 Å². The van der Waals surface area contributed by atoms with Gasteiger partial charge in [-0.3, -0.25) is 0 Å². The molecule has 0 N–H and O–H groups in total. The first-order chi connectivity index (χ1) is 6.88. The predicted molar refractivity (Wildman–Crippen MR) is 62.9 cm³/mol. The van der Waals surface area contributed by atoms with E-state index in [-0.39, 0.29) is 0 Å². The van der Waals surface area contributed by atoms with E-state index in [1.54, 1.807) is 0 Å². The molecule has 1 heterocycles. The summed E-state index contributed by atoms with van der Waals surface area (Å²) in [4.78, 5) is 1.47. The molecule has 0 radical (unpaired) electrons. The maximum Gasteiger partial charge on any atom is 0.00918 e. The van der Waals surface area contributed by atoms with E-state index in [1.165, 1.54) is 16.0 Å². The molecule has 0 saturated carbocycles. The Morgan fingerprint density at radius 1 is 1.07 bits per heavy atom. The van der Waals surface area contributed by atoms with Gasteiger partial charge in [0.15, 0.2) is 0 Å². The van der Waals surface area contributed by atoms with Crippen molar-refractivity contribution in [1.82, 2.24) is 0 Å². The van der Waals surface area contributed by atoms with Gasteiger partial charge in [-0.15, -0.1) is 11.3 Å². The first-order valence-corrected chi connectivity index (χ1v) is 5.86. The van der Waals surface area contributed by atoms with Crippen LogP contribution in [0.5, 0.6) is 0 Å². The third-order valence-electron chi connectivity index (χ3n) is 2.34. The van der Waals surface area contributed by atoms with Crippen molar-refractivity contribution in [3.8, 4) is 0 Å². The monoisotopic (exact) mass is 202 g/mol. The molecule has 0 spiro atoms. The molecule has 0 aliphatic rings. The van der Waals surface area contributed by atoms with Crippen LogP contribution in [0, 0.1) is 0 Å². The molecular weight excluding hydrogens is 188 g/mol. The van der Waals surface area contributed by atoms with Gasteiger partial charge in [0.05, 0.1) is 0 Å². The van der Waals surface area contributed by atoms with Crippen LogP contribution in [0.1, 0.15) is 22.9 Å². The molecule has 2 rings (SSSR count). The minimum atomic E-state index is 1.07. The van der Waals surface area contributed by atoms with Crippen LogP contribution in [0.25, 0.3) is 0 Å². The second-order valence-corrected chi connectivity index (χ2v) is 4.43. The molecule has 0 saturated heterocycles. The molecule has 0 aliphatic heterocycles. The number of rotatable bonds is 3. The quantitative estimate of drug-likeness (QED) is 0.708. The van der Waals surface area contributed by atoms with E-state index in [9.17, 15) is 0 Å². The summed E-state index contributed by atoms with van der Waals surface area (Å²) in [5.74, 6) is 0. The van der Waals surface area contributed by atoms with E-state index in [0.717, 1.165) is 12.8 Å². The second-order valence-electron chi connectivity index (χ2n) is 3.44. The molecule has 14 heavy (non-hydrogen) atoms. The van der Waals surface area contributed by atoms with Crippen LogP contribution in [0.3, 0.4) is 0 Å². The van der Waals surface area contributed by atoms with Crippen LogP contribution >= 0.6 is 11.3 Å². The largest absolute Gasteiger partial charge is 0.148 e. The van der Waals surface area contributed by atoms with E-state index in [2.05, 4.69) is 48.7 Å². The third-order valence-corrected chi connectivity index (χ3v) is 3.32. The smallest absolute Gasteiger partial charge is 0.00918 e. The summed E-state index contributed by atoms with van der Waals surface area (Å²) in [5, 5.41) is 2.26. The Labute approximate surface area is 89.2 Å². The number of hydrogen-bond acceptors (Lipinski definition) is 1. The summed E-state index contributed by atoms with van der Waals surface area (Å²) in [6.07, 6.45) is 2.22. The molecule has 1 aromatic heterocycles. The fraction of sp³-hybridized carbons (Fsp3) is 0.231. The van der Waals surface area contributed by atoms with Gasteiger partial charge >= 0.3 is 0 Å². The van der Waals surface area contributed by atoms with Crippen molar-refractivity contribution in [1.29, 1.82) is 0 Å². The summed E-state index contributed by atoms with van der Waals surface area (Å²) < 4.78 is 0. The Morgan fingerprint density at radius 3 is 2.50 bits per heavy atom. The lowest BCUT2D eigenvalue weighted by molar-refractivity contribution is 1.14. The Kier molecular flexibility index (Phi) is 3.00. The summed E-state index contributed by atoms with van der Waals surface area (Å²) in [5.41, 5.74) is 2.86. The maximum absolute atomic E-state index is 2.32. The van der Waals surface area contributed by atoms with Gasteiger partial charge in [-0.05, 0) is 29.0 Å². The van der Waals surface area contributed by atoms with E-state index in [0.29, 0.717) is 0 Å². The van der Waals surface area contributed by atoms with Gasteiger partial charge in [-0.25, -0.2) is 0 Å². The highest BCUT2D eigenvalue weighted by Gasteiger charge is 1.99. The Morgan fingerprint density at radius 2 is 1.86 bits per heavy atom. The first kappa shape index (κ1) is 9.47. The fourth-order valence-electron chi connectivity index (χ4n) is 1.50. The lowest BCUT2D eigenvalue weighted by Gasteiger charge is -1.96. The minimum Gasteiger partial charge on any atom is -0.148 e. The van der Waals surface area contributed by atoms with E-state index in [4.69, 9.17) is 0 Å². The van der Waals surface area contributed by atoms with Crippen LogP contribution in [-0.2, 0) is 12.8 Å². The average Bonchev–Trinajstić information content (AvgIpc) is 2.67. The van der Waals surface area contributed by atoms with Crippen LogP contribution in [0.4, 0.5) is 0 Å². The molecule has 2 aromatic rings. The number of benzene rings is 1. The molecule has 72 valence electrons. The fourth-order valence-corrected chi connectivity index (χ4v) is 2.51. The predicted octanol–water partition coefficient (Wildman–Crippen LogP) is 3.90. The van der Waals surface area contributed by atoms with Gasteiger partial charge < -0.3 is 0 Å². The molecule has 0 amide bonds. The van der Waals surface area contributed by atoms with Gasteiger partial charge in [0.1, 0.15) is 0 Å². The van der Waals surface area contributed by atoms with Crippen molar-refractivity contribution in [3.05, 3.63) is 57.8 Å². The summed E-state index contributed by atoms with van der Waals surface area (Å²) in [7, 11) is 0. The van der Waals surface area contributed by atoms with E-state index in [1.807, 2.05) is 11.3 Å². The van der Waals surface area contributed by atoms with E-state index < -0.39 is 0 Å². The SMILES string of the molecule is CCc1csc(Cc2ccccc2)c1. The molecule has 1 aromatic carbocycles. The van der Waals surface area contributed by atoms with Crippen molar-refractivity contribution < 1.29 is 0 Å². The van der Waals surface area contributed by atoms with Crippen LogP contribution in [-0.4, -0.2) is 0 Å². The topological polar surface area (TPSA) is 0 Å². The molecule has 1 heteroatoms. The third kappa shape index (κ3) is 2.24. The molecule has 0 nitrogen and oxygen atoms in total. The van der Waals surface area contributed by atoms with Crippen molar-refractivity contribution in [2.45, 2.75) is 19.8 Å². The number of aryl methyl sites for hydroxylation is 1. The zero-order valence-electron chi connectivity index (χ0n) is 8.36. The van der Waals surface area contributed by atoms with E-state index >= 15 is 0 Å². The molecule has 0 fully saturated rings. The van der Waals surface area contributed by atoms with Crippen molar-refractivity contribution in [2.24, 2.45) is 0 Å². The lowest BCUT2D eigenvalue weighted by Crippen LogP contribution is -1.82. The molecule has 0 atom stereocenters. The van der Waals surface area contributed by atoms with Gasteiger partial charge in [0.25, 0.3) is 0 Å². The lowest BCUT2D eigenvalue weighted by atomic mass is 10.1. The highest BCUT2D eigenvalue weighted by Crippen LogP contribution is 2.18. The van der Waals surface area contributed by atoms with Gasteiger partial charge in [-0.1, -0.05) is 37.3 Å². The first-order valence-electron chi connectivity index (χ1n) is 4.98. The molecule has 0 aliphatic carbocycles. The van der Waals surface area contributed by atoms with Gasteiger partial charge in [0.2, 0.25) is 0 Å². The standard InChI is InChI=1S/C13H14S/c1-2-11-8-13(14-10-11)9-12-6-4-3-5-7-12/h3-8,10H,2,9H2,1H3. The highest BCUT2D eigenvalue weighted by atomic mass is 32.1. The van der Waals surface area contributed by atoms with Crippen molar-refractivity contribution in [2.75, 3.05) is 0 Å². The number of hydrogen-bond donors (Lipinski definition) is 0. The summed E-state index contributed by atoms with van der Waals surface area (Å²) in [6, 6.07) is 13.0. The Bertz CT molecular complexity index is 387. The van der Waals surface area contributed by atoms with Crippen LogP contribution < -0.4 is 0 Å². The Hall–Kier alpha value is -1.08. The van der Waals surface area contributed by atoms with Crippen molar-refractivity contribution >= 4 is 11.3 Å². The summed E-state index contributed by atoms with van der Waals surface area (Å²) in [6.45, 7) is 2.20. The normalized spacial score (nSPS) is 10.4. The second kappa shape index (κ2) is 4.43. The summed E-state index contributed by atoms with van der Waals surface area (Å²) >= 11 is 1.87. The average molecular weight is 202 g/mol. The van der Waals surface area contributed by atoms with Gasteiger partial charge in [0, 0.05) is 11.3 Å². The molecular formula is C13H14S. The Balaban J connectivity index is 2.11. The van der Waals surface area contributed by atoms with Crippen LogP contribution in [0.15, 0.2) is 41.8 Å². The maximum atomic E-state index is 2.32. The molecule has 0 bridgehead atoms. The van der Waals surface area contributed by atoms with Crippen molar-refractivity contribution in [3.63, 3.8) is 0 Å². The zero-order chi connectivity index (χ0) is 9.80. The molecule has 0 unspecified atom stereocenters.